The van der Waals surface area contributed by atoms with Gasteiger partial charge in [0, 0.05) is 23.3 Å². The van der Waals surface area contributed by atoms with Crippen LogP contribution < -0.4 is 5.43 Å². The number of nitro benzene ring substituents is 1. The van der Waals surface area contributed by atoms with Gasteiger partial charge in [-0.2, -0.15) is 5.10 Å². The number of aromatic amines is 1. The molecule has 8 nitrogen and oxygen atoms in total. The Morgan fingerprint density at radius 1 is 1.07 bits per heavy atom. The van der Waals surface area contributed by atoms with E-state index in [4.69, 9.17) is 0 Å². The van der Waals surface area contributed by atoms with Crippen LogP contribution >= 0.6 is 0 Å². The van der Waals surface area contributed by atoms with Gasteiger partial charge in [0.05, 0.1) is 27.7 Å². The van der Waals surface area contributed by atoms with E-state index in [9.17, 15) is 14.9 Å². The van der Waals surface area contributed by atoms with Gasteiger partial charge in [0.25, 0.3) is 11.6 Å². The molecule has 0 bridgehead atoms. The third-order valence-electron chi connectivity index (χ3n) is 4.28. The van der Waals surface area contributed by atoms with Crippen molar-refractivity contribution in [3.05, 3.63) is 94.0 Å². The first-order valence-electron chi connectivity index (χ1n) is 8.74. The Hall–Kier alpha value is -4.33. The second kappa shape index (κ2) is 7.73. The van der Waals surface area contributed by atoms with E-state index in [1.807, 2.05) is 30.3 Å². The molecule has 1 heterocycles. The van der Waals surface area contributed by atoms with Crippen LogP contribution in [0.25, 0.3) is 22.4 Å². The quantitative estimate of drug-likeness (QED) is 0.308. The number of nitrogens with zero attached hydrogens (tertiary/aromatic N) is 3. The van der Waals surface area contributed by atoms with Gasteiger partial charge in [0.1, 0.15) is 5.82 Å². The van der Waals surface area contributed by atoms with Gasteiger partial charge in [-0.1, -0.05) is 42.5 Å². The summed E-state index contributed by atoms with van der Waals surface area (Å²) < 4.78 is 0. The highest BCUT2D eigenvalue weighted by atomic mass is 16.6. The van der Waals surface area contributed by atoms with Gasteiger partial charge in [0.2, 0.25) is 0 Å². The van der Waals surface area contributed by atoms with Crippen LogP contribution in [0.5, 0.6) is 0 Å². The van der Waals surface area contributed by atoms with E-state index in [2.05, 4.69) is 20.5 Å². The van der Waals surface area contributed by atoms with Crippen LogP contribution in [0.2, 0.25) is 0 Å². The van der Waals surface area contributed by atoms with Crippen LogP contribution in [0, 0.1) is 10.1 Å². The van der Waals surface area contributed by atoms with Crippen molar-refractivity contribution in [2.75, 3.05) is 0 Å². The molecule has 0 saturated carbocycles. The predicted molar refractivity (Wildman–Crippen MR) is 110 cm³/mol. The summed E-state index contributed by atoms with van der Waals surface area (Å²) in [6.07, 6.45) is 1.36. The van der Waals surface area contributed by atoms with E-state index < -0.39 is 10.8 Å². The first kappa shape index (κ1) is 18.1. The van der Waals surface area contributed by atoms with Crippen molar-refractivity contribution in [2.45, 2.75) is 0 Å². The second-order valence-corrected chi connectivity index (χ2v) is 6.20. The SMILES string of the molecule is O=C(N/N=C/c1cccc([N+](=O)[O-])c1)c1ccccc1-c1nc2ccccc2[nH]1. The summed E-state index contributed by atoms with van der Waals surface area (Å²) in [4.78, 5) is 30.8. The van der Waals surface area contributed by atoms with Crippen molar-refractivity contribution >= 4 is 28.8 Å². The molecule has 0 atom stereocenters. The topological polar surface area (TPSA) is 113 Å². The Labute approximate surface area is 165 Å². The molecule has 142 valence electrons. The number of amides is 1. The lowest BCUT2D eigenvalue weighted by Crippen LogP contribution is -2.18. The molecule has 0 radical (unpaired) electrons. The third kappa shape index (κ3) is 3.86. The van der Waals surface area contributed by atoms with Gasteiger partial charge in [-0.25, -0.2) is 10.4 Å². The Morgan fingerprint density at radius 3 is 2.69 bits per heavy atom. The van der Waals surface area contributed by atoms with Crippen molar-refractivity contribution in [1.82, 2.24) is 15.4 Å². The molecule has 0 spiro atoms. The van der Waals surface area contributed by atoms with E-state index in [0.717, 1.165) is 11.0 Å². The fraction of sp³-hybridized carbons (Fsp3) is 0. The Kier molecular flexibility index (Phi) is 4.81. The van der Waals surface area contributed by atoms with Crippen LogP contribution in [0.4, 0.5) is 5.69 Å². The Morgan fingerprint density at radius 2 is 1.86 bits per heavy atom. The number of non-ortho nitro benzene ring substituents is 1. The van der Waals surface area contributed by atoms with Crippen LogP contribution in [-0.4, -0.2) is 27.0 Å². The number of nitro groups is 1. The number of para-hydroxylation sites is 2. The molecule has 8 heteroatoms. The molecule has 0 aliphatic heterocycles. The van der Waals surface area contributed by atoms with Crippen LogP contribution in [0.1, 0.15) is 15.9 Å². The minimum Gasteiger partial charge on any atom is -0.338 e. The molecular weight excluding hydrogens is 370 g/mol. The number of aromatic nitrogens is 2. The average Bonchev–Trinajstić information content (AvgIpc) is 3.18. The first-order chi connectivity index (χ1) is 14.1. The normalized spacial score (nSPS) is 11.0. The maximum absolute atomic E-state index is 12.6. The van der Waals surface area contributed by atoms with E-state index in [0.29, 0.717) is 22.5 Å². The third-order valence-corrected chi connectivity index (χ3v) is 4.28. The number of nitrogens with one attached hydrogen (secondary N) is 2. The fourth-order valence-electron chi connectivity index (χ4n) is 2.91. The molecule has 2 N–H and O–H groups in total. The van der Waals surface area contributed by atoms with Gasteiger partial charge in [-0.3, -0.25) is 14.9 Å². The van der Waals surface area contributed by atoms with E-state index in [1.165, 1.54) is 18.3 Å². The number of hydrazone groups is 1. The summed E-state index contributed by atoms with van der Waals surface area (Å²) >= 11 is 0. The van der Waals surface area contributed by atoms with Gasteiger partial charge >= 0.3 is 0 Å². The average molecular weight is 385 g/mol. The maximum atomic E-state index is 12.6. The summed E-state index contributed by atoms with van der Waals surface area (Å²) in [7, 11) is 0. The number of rotatable bonds is 5. The molecule has 0 unspecified atom stereocenters. The van der Waals surface area contributed by atoms with Crippen LogP contribution in [0.15, 0.2) is 77.9 Å². The lowest BCUT2D eigenvalue weighted by molar-refractivity contribution is -0.384. The smallest absolute Gasteiger partial charge is 0.272 e. The molecule has 1 amide bonds. The maximum Gasteiger partial charge on any atom is 0.272 e. The largest absolute Gasteiger partial charge is 0.338 e. The summed E-state index contributed by atoms with van der Waals surface area (Å²) in [5.74, 6) is 0.169. The molecular formula is C21H15N5O3. The molecule has 0 aliphatic carbocycles. The van der Waals surface area contributed by atoms with Crippen molar-refractivity contribution < 1.29 is 9.72 Å². The fourth-order valence-corrected chi connectivity index (χ4v) is 2.91. The van der Waals surface area contributed by atoms with Crippen molar-refractivity contribution in [2.24, 2.45) is 5.10 Å². The molecule has 29 heavy (non-hydrogen) atoms. The first-order valence-corrected chi connectivity index (χ1v) is 8.74. The molecule has 0 fully saturated rings. The highest BCUT2D eigenvalue weighted by molar-refractivity contribution is 6.01. The van der Waals surface area contributed by atoms with E-state index in [-0.39, 0.29) is 5.69 Å². The summed E-state index contributed by atoms with van der Waals surface area (Å²) in [6.45, 7) is 0. The highest BCUT2D eigenvalue weighted by Gasteiger charge is 2.14. The number of fused-ring (bicyclic) bond motifs is 1. The minimum atomic E-state index is -0.487. The number of hydrogen-bond acceptors (Lipinski definition) is 5. The molecule has 1 aromatic heterocycles. The lowest BCUT2D eigenvalue weighted by Gasteiger charge is -2.05. The number of benzene rings is 3. The molecule has 0 aliphatic rings. The highest BCUT2D eigenvalue weighted by Crippen LogP contribution is 2.23. The van der Waals surface area contributed by atoms with Crippen LogP contribution in [-0.2, 0) is 0 Å². The number of imidazole rings is 1. The van der Waals surface area contributed by atoms with Crippen molar-refractivity contribution in [1.29, 1.82) is 0 Å². The lowest BCUT2D eigenvalue weighted by atomic mass is 10.1. The standard InChI is InChI=1S/C21H15N5O3/c27-21(25-22-13-14-6-5-7-15(12-14)26(28)29)17-9-2-1-8-16(17)20-23-18-10-3-4-11-19(18)24-20/h1-13H,(H,23,24)(H,25,27)/b22-13+. The van der Waals surface area contributed by atoms with Crippen molar-refractivity contribution in [3.8, 4) is 11.4 Å². The second-order valence-electron chi connectivity index (χ2n) is 6.20. The van der Waals surface area contributed by atoms with E-state index in [1.54, 1.807) is 30.3 Å². The number of hydrogen-bond donors (Lipinski definition) is 2. The Balaban J connectivity index is 1.57. The molecule has 4 rings (SSSR count). The number of carbonyl (C=O) groups excluding carboxylic acids is 1. The van der Waals surface area contributed by atoms with Gasteiger partial charge in [0.15, 0.2) is 0 Å². The molecule has 0 saturated heterocycles. The number of carbonyl (C=O) groups is 1. The minimum absolute atomic E-state index is 0.0458. The summed E-state index contributed by atoms with van der Waals surface area (Å²) in [5, 5.41) is 14.8. The van der Waals surface area contributed by atoms with Gasteiger partial charge in [-0.05, 0) is 18.2 Å². The zero-order chi connectivity index (χ0) is 20.2. The van der Waals surface area contributed by atoms with Gasteiger partial charge in [-0.15, -0.1) is 0 Å². The van der Waals surface area contributed by atoms with Crippen LogP contribution in [0.3, 0.4) is 0 Å². The predicted octanol–water partition coefficient (Wildman–Crippen LogP) is 3.90. The molecule has 4 aromatic rings. The molecule has 3 aromatic carbocycles. The summed E-state index contributed by atoms with van der Waals surface area (Å²) in [5.41, 5.74) is 5.65. The monoisotopic (exact) mass is 385 g/mol. The summed E-state index contributed by atoms with van der Waals surface area (Å²) in [6, 6.07) is 20.6. The zero-order valence-electron chi connectivity index (χ0n) is 15.1. The van der Waals surface area contributed by atoms with E-state index >= 15 is 0 Å². The van der Waals surface area contributed by atoms with Crippen molar-refractivity contribution in [3.63, 3.8) is 0 Å². The number of H-pyrrole nitrogens is 1. The van der Waals surface area contributed by atoms with Gasteiger partial charge < -0.3 is 4.98 Å². The Bertz CT molecular complexity index is 1210. The zero-order valence-corrected chi connectivity index (χ0v) is 15.1.